The molecule has 0 fully saturated rings. The number of hydrogen-bond donors (Lipinski definition) is 0. The van der Waals surface area contributed by atoms with E-state index in [1.54, 1.807) is 12.3 Å². The number of hydrogen-bond acceptors (Lipinski definition) is 4. The van der Waals surface area contributed by atoms with E-state index in [0.29, 0.717) is 11.4 Å². The third-order valence-electron chi connectivity index (χ3n) is 3.34. The molecule has 2 heterocycles. The molecular formula is C16H14FN3O2S. The van der Waals surface area contributed by atoms with Crippen molar-refractivity contribution < 1.29 is 12.8 Å². The number of imidazole rings is 1. The summed E-state index contributed by atoms with van der Waals surface area (Å²) in [7, 11) is -3.63. The van der Waals surface area contributed by atoms with E-state index in [1.165, 1.54) is 41.4 Å². The van der Waals surface area contributed by atoms with E-state index in [4.69, 9.17) is 0 Å². The molecule has 0 bridgehead atoms. The molecule has 0 spiro atoms. The number of sulfone groups is 1. The normalized spacial score (nSPS) is 11.6. The van der Waals surface area contributed by atoms with E-state index >= 15 is 0 Å². The van der Waals surface area contributed by atoms with Crippen molar-refractivity contribution in [2.45, 2.75) is 17.7 Å². The third kappa shape index (κ3) is 3.29. The summed E-state index contributed by atoms with van der Waals surface area (Å²) in [5.74, 6) is -0.156. The van der Waals surface area contributed by atoms with Crippen molar-refractivity contribution in [1.82, 2.24) is 14.5 Å². The summed E-state index contributed by atoms with van der Waals surface area (Å²) in [4.78, 5) is 8.15. The van der Waals surface area contributed by atoms with Gasteiger partial charge in [0.1, 0.15) is 18.0 Å². The summed E-state index contributed by atoms with van der Waals surface area (Å²) in [5.41, 5.74) is 1.49. The molecule has 5 nitrogen and oxygen atoms in total. The Kier molecular flexibility index (Phi) is 3.96. The zero-order chi connectivity index (χ0) is 16.4. The summed E-state index contributed by atoms with van der Waals surface area (Å²) in [6.45, 7) is 1.90. The van der Waals surface area contributed by atoms with E-state index in [2.05, 4.69) is 9.97 Å². The molecule has 3 rings (SSSR count). The van der Waals surface area contributed by atoms with Gasteiger partial charge in [0.15, 0.2) is 14.9 Å². The molecule has 0 saturated heterocycles. The van der Waals surface area contributed by atoms with Gasteiger partial charge in [0.05, 0.1) is 11.9 Å². The fourth-order valence-electron chi connectivity index (χ4n) is 2.16. The lowest BCUT2D eigenvalue weighted by atomic mass is 10.2. The summed E-state index contributed by atoms with van der Waals surface area (Å²) in [5, 5.41) is 0.0539. The number of aromatic nitrogens is 3. The number of rotatable bonds is 4. The first-order valence-corrected chi connectivity index (χ1v) is 8.53. The van der Waals surface area contributed by atoms with Crippen LogP contribution in [0.5, 0.6) is 0 Å². The monoisotopic (exact) mass is 331 g/mol. The summed E-state index contributed by atoms with van der Waals surface area (Å²) in [6.07, 6.45) is 4.36. The van der Waals surface area contributed by atoms with Gasteiger partial charge >= 0.3 is 0 Å². The van der Waals surface area contributed by atoms with Crippen LogP contribution in [0.15, 0.2) is 60.1 Å². The second kappa shape index (κ2) is 5.92. The highest BCUT2D eigenvalue weighted by Crippen LogP contribution is 2.19. The minimum absolute atomic E-state index is 0.0539. The number of benzene rings is 1. The number of aryl methyl sites for hydroxylation is 1. The van der Waals surface area contributed by atoms with Gasteiger partial charge in [0.2, 0.25) is 0 Å². The summed E-state index contributed by atoms with van der Waals surface area (Å²) >= 11 is 0. The highest BCUT2D eigenvalue weighted by atomic mass is 32.2. The van der Waals surface area contributed by atoms with Gasteiger partial charge in [0.25, 0.3) is 0 Å². The fraction of sp³-hybridized carbons (Fsp3) is 0.125. The van der Waals surface area contributed by atoms with Gasteiger partial charge in [-0.05, 0) is 36.2 Å². The second-order valence-corrected chi connectivity index (χ2v) is 7.12. The maximum atomic E-state index is 12.9. The molecule has 0 aliphatic heterocycles. The van der Waals surface area contributed by atoms with Gasteiger partial charge in [-0.3, -0.25) is 4.57 Å². The van der Waals surface area contributed by atoms with Gasteiger partial charge in [-0.25, -0.2) is 22.8 Å². The predicted octanol–water partition coefficient (Wildman–Crippen LogP) is 2.69. The largest absolute Gasteiger partial charge is 0.273 e. The zero-order valence-electron chi connectivity index (χ0n) is 12.3. The molecule has 23 heavy (non-hydrogen) atoms. The smallest absolute Gasteiger partial charge is 0.199 e. The van der Waals surface area contributed by atoms with Crippen LogP contribution in [0.3, 0.4) is 0 Å². The third-order valence-corrected chi connectivity index (χ3v) is 4.99. The molecule has 0 aliphatic carbocycles. The lowest BCUT2D eigenvalue weighted by Crippen LogP contribution is -2.11. The molecule has 0 radical (unpaired) electrons. The van der Waals surface area contributed by atoms with E-state index in [-0.39, 0.29) is 10.8 Å². The zero-order valence-corrected chi connectivity index (χ0v) is 13.2. The van der Waals surface area contributed by atoms with Gasteiger partial charge in [-0.15, -0.1) is 0 Å². The van der Waals surface area contributed by atoms with Crippen LogP contribution in [-0.2, 0) is 15.6 Å². The molecule has 3 aromatic rings. The Labute approximate surface area is 133 Å². The quantitative estimate of drug-likeness (QED) is 0.737. The summed E-state index contributed by atoms with van der Waals surface area (Å²) in [6, 6.07) is 8.97. The molecule has 0 atom stereocenters. The van der Waals surface area contributed by atoms with E-state index in [9.17, 15) is 12.8 Å². The minimum atomic E-state index is -3.63. The van der Waals surface area contributed by atoms with Crippen molar-refractivity contribution in [1.29, 1.82) is 0 Å². The molecule has 2 aromatic heterocycles. The Balaban J connectivity index is 1.96. The lowest BCUT2D eigenvalue weighted by molar-refractivity contribution is 0.588. The van der Waals surface area contributed by atoms with E-state index < -0.39 is 15.7 Å². The predicted molar refractivity (Wildman–Crippen MR) is 83.4 cm³/mol. The Morgan fingerprint density at radius 1 is 1.09 bits per heavy atom. The molecule has 1 aromatic carbocycles. The lowest BCUT2D eigenvalue weighted by Gasteiger charge is -2.08. The first kappa shape index (κ1) is 15.4. The van der Waals surface area contributed by atoms with Crippen molar-refractivity contribution >= 4 is 9.84 Å². The minimum Gasteiger partial charge on any atom is -0.273 e. The first-order chi connectivity index (χ1) is 11.0. The Hall–Kier alpha value is -2.54. The number of nitrogens with zero attached hydrogens (tertiary/aromatic N) is 3. The maximum Gasteiger partial charge on any atom is 0.199 e. The average Bonchev–Trinajstić information content (AvgIpc) is 3.01. The van der Waals surface area contributed by atoms with Crippen LogP contribution in [0.1, 0.15) is 11.1 Å². The fourth-order valence-corrected chi connectivity index (χ4v) is 3.60. The van der Waals surface area contributed by atoms with Gasteiger partial charge in [-0.2, -0.15) is 0 Å². The van der Waals surface area contributed by atoms with Gasteiger partial charge < -0.3 is 0 Å². The molecule has 0 amide bonds. The van der Waals surface area contributed by atoms with Crippen molar-refractivity contribution in [2.24, 2.45) is 0 Å². The van der Waals surface area contributed by atoms with Crippen molar-refractivity contribution in [3.63, 3.8) is 0 Å². The van der Waals surface area contributed by atoms with E-state index in [1.807, 2.05) is 13.0 Å². The topological polar surface area (TPSA) is 64.8 Å². The van der Waals surface area contributed by atoms with E-state index in [0.717, 1.165) is 5.56 Å². The van der Waals surface area contributed by atoms with Crippen molar-refractivity contribution in [3.05, 3.63) is 72.1 Å². The van der Waals surface area contributed by atoms with Gasteiger partial charge in [0, 0.05) is 6.20 Å². The standard InChI is InChI=1S/C16H14FN3O2S/c1-12-2-7-15(19-8-12)20-11-18-9-16(20)23(21,22)10-13-3-5-14(17)6-4-13/h2-9,11H,10H2,1H3. The van der Waals surface area contributed by atoms with Crippen LogP contribution in [0.4, 0.5) is 4.39 Å². The molecule has 0 N–H and O–H groups in total. The van der Waals surface area contributed by atoms with Crippen LogP contribution >= 0.6 is 0 Å². The second-order valence-electron chi connectivity index (χ2n) is 5.18. The van der Waals surface area contributed by atoms with Crippen molar-refractivity contribution in [2.75, 3.05) is 0 Å². The van der Waals surface area contributed by atoms with Crippen LogP contribution < -0.4 is 0 Å². The van der Waals surface area contributed by atoms with Crippen LogP contribution in [0.25, 0.3) is 5.82 Å². The SMILES string of the molecule is Cc1ccc(-n2cncc2S(=O)(=O)Cc2ccc(F)cc2)nc1. The number of pyridine rings is 1. The summed E-state index contributed by atoms with van der Waals surface area (Å²) < 4.78 is 39.6. The highest BCUT2D eigenvalue weighted by molar-refractivity contribution is 7.90. The Morgan fingerprint density at radius 3 is 2.48 bits per heavy atom. The number of halogens is 1. The van der Waals surface area contributed by atoms with Crippen LogP contribution in [0.2, 0.25) is 0 Å². The van der Waals surface area contributed by atoms with Crippen LogP contribution in [0, 0.1) is 12.7 Å². The molecule has 0 unspecified atom stereocenters. The average molecular weight is 331 g/mol. The Bertz CT molecular complexity index is 917. The molecule has 0 aliphatic rings. The first-order valence-electron chi connectivity index (χ1n) is 6.88. The van der Waals surface area contributed by atoms with Crippen LogP contribution in [-0.4, -0.2) is 23.0 Å². The molecule has 7 heteroatoms. The maximum absolute atomic E-state index is 12.9. The van der Waals surface area contributed by atoms with Crippen molar-refractivity contribution in [3.8, 4) is 5.82 Å². The molecule has 118 valence electrons. The molecular weight excluding hydrogens is 317 g/mol. The van der Waals surface area contributed by atoms with Gasteiger partial charge in [-0.1, -0.05) is 18.2 Å². The Morgan fingerprint density at radius 2 is 1.83 bits per heavy atom. The highest BCUT2D eigenvalue weighted by Gasteiger charge is 2.21. The molecule has 0 saturated carbocycles.